The molecule has 2 heterocycles. The largest absolute Gasteiger partial charge is 0.327 e. The molecule has 4 rings (SSSR count). The SMILES string of the molecule is Cc1ccc(N2CC3=C(C2=O)[C@H](c2ccc(Br)cc2)NC(=O)N3C)cc1. The topological polar surface area (TPSA) is 52.7 Å². The van der Waals surface area contributed by atoms with Crippen LogP contribution in [0.15, 0.2) is 64.3 Å². The monoisotopic (exact) mass is 411 g/mol. The second-order valence-electron chi connectivity index (χ2n) is 6.58. The molecule has 2 aliphatic rings. The van der Waals surface area contributed by atoms with Gasteiger partial charge in [-0.25, -0.2) is 4.79 Å². The van der Waals surface area contributed by atoms with E-state index in [-0.39, 0.29) is 11.9 Å². The van der Waals surface area contributed by atoms with E-state index in [0.29, 0.717) is 12.1 Å². The van der Waals surface area contributed by atoms with E-state index in [1.807, 2.05) is 55.5 Å². The van der Waals surface area contributed by atoms with E-state index in [0.717, 1.165) is 27.0 Å². The van der Waals surface area contributed by atoms with Crippen LogP contribution in [0.4, 0.5) is 10.5 Å². The van der Waals surface area contributed by atoms with Gasteiger partial charge in [0.15, 0.2) is 0 Å². The zero-order valence-electron chi connectivity index (χ0n) is 14.5. The number of amides is 3. The summed E-state index contributed by atoms with van der Waals surface area (Å²) in [6, 6.07) is 14.9. The Morgan fingerprint density at radius 3 is 2.35 bits per heavy atom. The molecule has 2 aromatic carbocycles. The van der Waals surface area contributed by atoms with E-state index in [1.165, 1.54) is 4.90 Å². The number of hydrogen-bond acceptors (Lipinski definition) is 2. The number of anilines is 1. The number of nitrogens with one attached hydrogen (secondary N) is 1. The van der Waals surface area contributed by atoms with Crippen molar-refractivity contribution in [3.05, 3.63) is 75.4 Å². The summed E-state index contributed by atoms with van der Waals surface area (Å²) < 4.78 is 0.953. The number of nitrogens with zero attached hydrogens (tertiary/aromatic N) is 2. The van der Waals surface area contributed by atoms with Crippen LogP contribution in [0, 0.1) is 6.92 Å². The summed E-state index contributed by atoms with van der Waals surface area (Å²) in [5, 5.41) is 2.95. The summed E-state index contributed by atoms with van der Waals surface area (Å²) in [6.07, 6.45) is 0. The normalized spacial score (nSPS) is 19.7. The molecule has 132 valence electrons. The molecule has 6 heteroatoms. The molecule has 0 fully saturated rings. The first-order valence-corrected chi connectivity index (χ1v) is 9.16. The molecule has 0 aliphatic carbocycles. The van der Waals surface area contributed by atoms with Crippen LogP contribution in [0.3, 0.4) is 0 Å². The average Bonchev–Trinajstić information content (AvgIpc) is 2.97. The van der Waals surface area contributed by atoms with Gasteiger partial charge in [-0.1, -0.05) is 45.8 Å². The molecule has 0 bridgehead atoms. The summed E-state index contributed by atoms with van der Waals surface area (Å²) in [4.78, 5) is 28.9. The highest BCUT2D eigenvalue weighted by Crippen LogP contribution is 2.37. The van der Waals surface area contributed by atoms with Crippen LogP contribution in [0.5, 0.6) is 0 Å². The zero-order valence-corrected chi connectivity index (χ0v) is 16.1. The van der Waals surface area contributed by atoms with Crippen LogP contribution < -0.4 is 10.2 Å². The minimum Gasteiger partial charge on any atom is -0.327 e. The van der Waals surface area contributed by atoms with Crippen molar-refractivity contribution in [1.82, 2.24) is 10.2 Å². The molecule has 0 saturated carbocycles. The molecule has 0 aromatic heterocycles. The Hall–Kier alpha value is -2.60. The van der Waals surface area contributed by atoms with Gasteiger partial charge in [-0.15, -0.1) is 0 Å². The number of urea groups is 1. The lowest BCUT2D eigenvalue weighted by Crippen LogP contribution is -2.45. The van der Waals surface area contributed by atoms with Crippen molar-refractivity contribution in [1.29, 1.82) is 0 Å². The number of aryl methyl sites for hydroxylation is 1. The smallest absolute Gasteiger partial charge is 0.322 e. The average molecular weight is 412 g/mol. The molecular weight excluding hydrogens is 394 g/mol. The number of likely N-dealkylation sites (N-methyl/N-ethyl adjacent to an activating group) is 1. The fraction of sp³-hybridized carbons (Fsp3) is 0.200. The number of hydrogen-bond donors (Lipinski definition) is 1. The first kappa shape index (κ1) is 16.8. The highest BCUT2D eigenvalue weighted by atomic mass is 79.9. The molecule has 3 amide bonds. The van der Waals surface area contributed by atoms with Crippen LogP contribution in [-0.4, -0.2) is 30.4 Å². The molecule has 1 atom stereocenters. The summed E-state index contributed by atoms with van der Waals surface area (Å²) in [5.41, 5.74) is 4.26. The lowest BCUT2D eigenvalue weighted by Gasteiger charge is -2.31. The van der Waals surface area contributed by atoms with E-state index in [9.17, 15) is 9.59 Å². The molecular formula is C20H18BrN3O2. The summed E-state index contributed by atoms with van der Waals surface area (Å²) in [6.45, 7) is 2.41. The van der Waals surface area contributed by atoms with Gasteiger partial charge in [-0.05, 0) is 36.8 Å². The van der Waals surface area contributed by atoms with Gasteiger partial charge in [0.05, 0.1) is 23.9 Å². The third-order valence-corrected chi connectivity index (χ3v) is 5.44. The predicted octanol–water partition coefficient (Wildman–Crippen LogP) is 3.75. The van der Waals surface area contributed by atoms with Crippen molar-refractivity contribution < 1.29 is 9.59 Å². The van der Waals surface area contributed by atoms with Gasteiger partial charge in [0.25, 0.3) is 5.91 Å². The van der Waals surface area contributed by atoms with Crippen LogP contribution in [-0.2, 0) is 4.79 Å². The van der Waals surface area contributed by atoms with Gasteiger partial charge in [-0.3, -0.25) is 9.69 Å². The van der Waals surface area contributed by atoms with Crippen molar-refractivity contribution in [3.8, 4) is 0 Å². The molecule has 2 aromatic rings. The fourth-order valence-corrected chi connectivity index (χ4v) is 3.67. The maximum atomic E-state index is 13.2. The van der Waals surface area contributed by atoms with Gasteiger partial charge < -0.3 is 10.2 Å². The molecule has 0 spiro atoms. The summed E-state index contributed by atoms with van der Waals surface area (Å²) >= 11 is 3.42. The van der Waals surface area contributed by atoms with Crippen LogP contribution >= 0.6 is 15.9 Å². The van der Waals surface area contributed by atoms with E-state index in [1.54, 1.807) is 11.9 Å². The number of halogens is 1. The highest BCUT2D eigenvalue weighted by molar-refractivity contribution is 9.10. The Morgan fingerprint density at radius 2 is 1.69 bits per heavy atom. The molecule has 0 unspecified atom stereocenters. The third kappa shape index (κ3) is 2.70. The maximum Gasteiger partial charge on any atom is 0.322 e. The quantitative estimate of drug-likeness (QED) is 0.817. The minimum absolute atomic E-state index is 0.0661. The van der Waals surface area contributed by atoms with Crippen LogP contribution in [0.1, 0.15) is 17.2 Å². The summed E-state index contributed by atoms with van der Waals surface area (Å²) in [5.74, 6) is -0.0661. The Bertz CT molecular complexity index is 919. The van der Waals surface area contributed by atoms with E-state index in [2.05, 4.69) is 21.2 Å². The van der Waals surface area contributed by atoms with Gasteiger partial charge >= 0.3 is 6.03 Å². The highest BCUT2D eigenvalue weighted by Gasteiger charge is 2.43. The lowest BCUT2D eigenvalue weighted by molar-refractivity contribution is -0.114. The standard InChI is InChI=1S/C20H18BrN3O2/c1-12-3-9-15(10-4-12)24-11-16-17(19(24)25)18(22-20(26)23(16)2)13-5-7-14(21)8-6-13/h3-10,18H,11H2,1-2H3,(H,22,26)/t18-/m0/s1. The second kappa shape index (κ2) is 6.29. The third-order valence-electron chi connectivity index (χ3n) is 4.91. The first-order valence-electron chi connectivity index (χ1n) is 8.37. The molecule has 26 heavy (non-hydrogen) atoms. The first-order chi connectivity index (χ1) is 12.5. The molecule has 2 aliphatic heterocycles. The van der Waals surface area contributed by atoms with Gasteiger partial charge in [0.2, 0.25) is 0 Å². The number of rotatable bonds is 2. The number of carbonyl (C=O) groups is 2. The van der Waals surface area contributed by atoms with Crippen molar-refractivity contribution >= 4 is 33.6 Å². The van der Waals surface area contributed by atoms with Crippen molar-refractivity contribution in [2.24, 2.45) is 0 Å². The van der Waals surface area contributed by atoms with E-state index < -0.39 is 6.04 Å². The van der Waals surface area contributed by atoms with Gasteiger partial charge in [0.1, 0.15) is 0 Å². The van der Waals surface area contributed by atoms with E-state index in [4.69, 9.17) is 0 Å². The zero-order chi connectivity index (χ0) is 18.4. The molecule has 0 radical (unpaired) electrons. The number of benzene rings is 2. The van der Waals surface area contributed by atoms with Crippen molar-refractivity contribution in [2.45, 2.75) is 13.0 Å². The van der Waals surface area contributed by atoms with E-state index >= 15 is 0 Å². The maximum absolute atomic E-state index is 13.2. The van der Waals surface area contributed by atoms with Gasteiger partial charge in [0, 0.05) is 17.2 Å². The van der Waals surface area contributed by atoms with Crippen molar-refractivity contribution in [3.63, 3.8) is 0 Å². The molecule has 1 N–H and O–H groups in total. The molecule has 5 nitrogen and oxygen atoms in total. The van der Waals surface area contributed by atoms with Crippen LogP contribution in [0.25, 0.3) is 0 Å². The molecule has 0 saturated heterocycles. The summed E-state index contributed by atoms with van der Waals surface area (Å²) in [7, 11) is 1.70. The Morgan fingerprint density at radius 1 is 1.04 bits per heavy atom. The van der Waals surface area contributed by atoms with Crippen molar-refractivity contribution in [2.75, 3.05) is 18.5 Å². The minimum atomic E-state index is -0.440. The Balaban J connectivity index is 1.75. The van der Waals surface area contributed by atoms with Crippen LogP contribution in [0.2, 0.25) is 0 Å². The Labute approximate surface area is 160 Å². The van der Waals surface area contributed by atoms with Gasteiger partial charge in [-0.2, -0.15) is 0 Å². The predicted molar refractivity (Wildman–Crippen MR) is 104 cm³/mol. The number of carbonyl (C=O) groups excluding carboxylic acids is 2. The lowest BCUT2D eigenvalue weighted by atomic mass is 9.96. The fourth-order valence-electron chi connectivity index (χ4n) is 3.41. The Kier molecular flexibility index (Phi) is 4.07. The second-order valence-corrected chi connectivity index (χ2v) is 7.50.